The first-order chi connectivity index (χ1) is 9.20. The number of nitrogens with two attached hydrogens (primary N) is 1. The van der Waals surface area contributed by atoms with Gasteiger partial charge in [-0.2, -0.15) is 0 Å². The molecule has 0 radical (unpaired) electrons. The Hall–Kier alpha value is -1.79. The van der Waals surface area contributed by atoms with Crippen LogP contribution in [-0.4, -0.2) is 24.4 Å². The highest BCUT2D eigenvalue weighted by Crippen LogP contribution is 2.28. The normalized spacial score (nSPS) is 14.2. The molecule has 1 aliphatic carbocycles. The van der Waals surface area contributed by atoms with Crippen LogP contribution in [-0.2, 0) is 11.3 Å². The van der Waals surface area contributed by atoms with Crippen molar-refractivity contribution < 1.29 is 4.79 Å². The van der Waals surface area contributed by atoms with Gasteiger partial charge in [-0.1, -0.05) is 30.4 Å². The minimum atomic E-state index is 0.255. The number of amides is 1. The van der Waals surface area contributed by atoms with Gasteiger partial charge in [-0.15, -0.1) is 0 Å². The van der Waals surface area contributed by atoms with Crippen molar-refractivity contribution in [1.29, 1.82) is 0 Å². The Labute approximate surface area is 114 Å². The quantitative estimate of drug-likeness (QED) is 0.838. The molecule has 1 saturated carbocycles. The summed E-state index contributed by atoms with van der Waals surface area (Å²) in [4.78, 5) is 13.9. The van der Waals surface area contributed by atoms with E-state index >= 15 is 0 Å². The molecule has 3 heteroatoms. The first kappa shape index (κ1) is 13.6. The lowest BCUT2D eigenvalue weighted by Gasteiger charge is -2.29. The number of carbonyl (C=O) groups is 1. The maximum atomic E-state index is 12.1. The van der Waals surface area contributed by atoms with Gasteiger partial charge in [-0.05, 0) is 30.5 Å². The minimum absolute atomic E-state index is 0.255. The standard InChI is InChI=1S/C16H20N2O/c1-18(16(19)15-8-3-9-15)12-14-6-2-5-13(11-14)7-4-10-17/h2,5-6,11,15H,3,8-10,12,17H2,1H3. The second-order valence-corrected chi connectivity index (χ2v) is 5.03. The Balaban J connectivity index is 1.99. The largest absolute Gasteiger partial charge is 0.341 e. The summed E-state index contributed by atoms with van der Waals surface area (Å²) in [5, 5.41) is 0. The summed E-state index contributed by atoms with van der Waals surface area (Å²) in [5.41, 5.74) is 7.42. The first-order valence-electron chi connectivity index (χ1n) is 6.73. The van der Waals surface area contributed by atoms with Crippen LogP contribution in [0.5, 0.6) is 0 Å². The number of hydrogen-bond acceptors (Lipinski definition) is 2. The van der Waals surface area contributed by atoms with Crippen LogP contribution >= 0.6 is 0 Å². The van der Waals surface area contributed by atoms with Gasteiger partial charge in [0.15, 0.2) is 0 Å². The summed E-state index contributed by atoms with van der Waals surface area (Å²) in [6.45, 7) is 1.01. The Morgan fingerprint density at radius 1 is 1.47 bits per heavy atom. The molecule has 0 unspecified atom stereocenters. The number of benzene rings is 1. The van der Waals surface area contributed by atoms with Gasteiger partial charge in [0.05, 0.1) is 6.54 Å². The summed E-state index contributed by atoms with van der Waals surface area (Å²) < 4.78 is 0. The molecule has 0 aliphatic heterocycles. The fourth-order valence-electron chi connectivity index (χ4n) is 2.22. The second-order valence-electron chi connectivity index (χ2n) is 5.03. The SMILES string of the molecule is CN(Cc1cccc(C#CCN)c1)C(=O)C1CCC1. The summed E-state index contributed by atoms with van der Waals surface area (Å²) >= 11 is 0. The Morgan fingerprint density at radius 3 is 2.89 bits per heavy atom. The van der Waals surface area contributed by atoms with Crippen molar-refractivity contribution in [2.24, 2.45) is 11.7 Å². The molecule has 19 heavy (non-hydrogen) atoms. The predicted molar refractivity (Wildman–Crippen MR) is 76.2 cm³/mol. The van der Waals surface area contributed by atoms with E-state index in [2.05, 4.69) is 11.8 Å². The fourth-order valence-corrected chi connectivity index (χ4v) is 2.22. The van der Waals surface area contributed by atoms with Crippen molar-refractivity contribution >= 4 is 5.91 Å². The second kappa shape index (κ2) is 6.40. The van der Waals surface area contributed by atoms with E-state index in [-0.39, 0.29) is 11.8 Å². The van der Waals surface area contributed by atoms with Crippen LogP contribution in [0, 0.1) is 17.8 Å². The first-order valence-corrected chi connectivity index (χ1v) is 6.73. The third-order valence-corrected chi connectivity index (χ3v) is 3.51. The lowest BCUT2D eigenvalue weighted by atomic mass is 9.84. The molecule has 1 aromatic carbocycles. The average Bonchev–Trinajstić information content (AvgIpc) is 2.34. The van der Waals surface area contributed by atoms with Gasteiger partial charge in [-0.25, -0.2) is 0 Å². The van der Waals surface area contributed by atoms with Gasteiger partial charge in [0.1, 0.15) is 0 Å². The van der Waals surface area contributed by atoms with Gasteiger partial charge in [0.2, 0.25) is 5.91 Å². The van der Waals surface area contributed by atoms with Crippen molar-refractivity contribution in [2.75, 3.05) is 13.6 Å². The van der Waals surface area contributed by atoms with Crippen molar-refractivity contribution in [2.45, 2.75) is 25.8 Å². The zero-order valence-corrected chi connectivity index (χ0v) is 11.4. The molecule has 0 spiro atoms. The molecule has 0 bridgehead atoms. The van der Waals surface area contributed by atoms with Crippen LogP contribution in [0.25, 0.3) is 0 Å². The van der Waals surface area contributed by atoms with Gasteiger partial charge in [0, 0.05) is 25.1 Å². The van der Waals surface area contributed by atoms with E-state index in [9.17, 15) is 4.79 Å². The van der Waals surface area contributed by atoms with E-state index in [0.717, 1.165) is 24.0 Å². The number of nitrogens with zero attached hydrogens (tertiary/aromatic N) is 1. The molecule has 1 fully saturated rings. The van der Waals surface area contributed by atoms with Gasteiger partial charge in [0.25, 0.3) is 0 Å². The molecule has 0 aromatic heterocycles. The van der Waals surface area contributed by atoms with Crippen LogP contribution in [0.15, 0.2) is 24.3 Å². The smallest absolute Gasteiger partial charge is 0.225 e. The topological polar surface area (TPSA) is 46.3 Å². The monoisotopic (exact) mass is 256 g/mol. The highest BCUT2D eigenvalue weighted by molar-refractivity contribution is 5.79. The van der Waals surface area contributed by atoms with E-state index < -0.39 is 0 Å². The fraction of sp³-hybridized carbons (Fsp3) is 0.438. The summed E-state index contributed by atoms with van der Waals surface area (Å²) in [6, 6.07) is 7.98. The van der Waals surface area contributed by atoms with Crippen molar-refractivity contribution in [3.63, 3.8) is 0 Å². The maximum absolute atomic E-state index is 12.1. The van der Waals surface area contributed by atoms with Crippen LogP contribution in [0.4, 0.5) is 0 Å². The summed E-state index contributed by atoms with van der Waals surface area (Å²) in [6.07, 6.45) is 3.28. The average molecular weight is 256 g/mol. The zero-order chi connectivity index (χ0) is 13.7. The lowest BCUT2D eigenvalue weighted by molar-refractivity contribution is -0.137. The molecule has 0 saturated heterocycles. The molecule has 2 rings (SSSR count). The van der Waals surface area contributed by atoms with Crippen LogP contribution < -0.4 is 5.73 Å². The predicted octanol–water partition coefficient (Wildman–Crippen LogP) is 1.76. The summed E-state index contributed by atoms with van der Waals surface area (Å²) in [5.74, 6) is 6.38. The lowest BCUT2D eigenvalue weighted by Crippen LogP contribution is -2.35. The van der Waals surface area contributed by atoms with Crippen molar-refractivity contribution in [3.8, 4) is 11.8 Å². The Bertz CT molecular complexity index is 509. The van der Waals surface area contributed by atoms with Crippen molar-refractivity contribution in [1.82, 2.24) is 4.90 Å². The molecular weight excluding hydrogens is 236 g/mol. The van der Waals surface area contributed by atoms with Gasteiger partial charge < -0.3 is 10.6 Å². The molecule has 1 amide bonds. The van der Waals surface area contributed by atoms with Crippen LogP contribution in [0.1, 0.15) is 30.4 Å². The highest BCUT2D eigenvalue weighted by Gasteiger charge is 2.27. The maximum Gasteiger partial charge on any atom is 0.225 e. The molecule has 100 valence electrons. The third kappa shape index (κ3) is 3.59. The molecule has 0 atom stereocenters. The van der Waals surface area contributed by atoms with Crippen LogP contribution in [0.2, 0.25) is 0 Å². The molecule has 1 aromatic rings. The van der Waals surface area contributed by atoms with E-state index in [4.69, 9.17) is 5.73 Å². The van der Waals surface area contributed by atoms with Gasteiger partial charge in [-0.3, -0.25) is 4.79 Å². The Morgan fingerprint density at radius 2 is 2.26 bits per heavy atom. The minimum Gasteiger partial charge on any atom is -0.341 e. The third-order valence-electron chi connectivity index (χ3n) is 3.51. The number of carbonyl (C=O) groups excluding carboxylic acids is 1. The Kier molecular flexibility index (Phi) is 4.59. The number of rotatable bonds is 3. The number of hydrogen-bond donors (Lipinski definition) is 1. The highest BCUT2D eigenvalue weighted by atomic mass is 16.2. The zero-order valence-electron chi connectivity index (χ0n) is 11.4. The van der Waals surface area contributed by atoms with Crippen molar-refractivity contribution in [3.05, 3.63) is 35.4 Å². The van der Waals surface area contributed by atoms with E-state index in [1.807, 2.05) is 36.2 Å². The molecule has 1 aliphatic rings. The molecule has 3 nitrogen and oxygen atoms in total. The van der Waals surface area contributed by atoms with E-state index in [1.165, 1.54) is 6.42 Å². The van der Waals surface area contributed by atoms with E-state index in [0.29, 0.717) is 13.1 Å². The van der Waals surface area contributed by atoms with E-state index in [1.54, 1.807) is 0 Å². The van der Waals surface area contributed by atoms with Gasteiger partial charge >= 0.3 is 0 Å². The van der Waals surface area contributed by atoms with Crippen LogP contribution in [0.3, 0.4) is 0 Å². The molecular formula is C16H20N2O. The molecule has 0 heterocycles. The summed E-state index contributed by atoms with van der Waals surface area (Å²) in [7, 11) is 1.87. The molecule has 2 N–H and O–H groups in total.